The maximum atomic E-state index is 13.0. The van der Waals surface area contributed by atoms with Crippen LogP contribution in [0.5, 0.6) is 11.5 Å². The average molecular weight is 636 g/mol. The van der Waals surface area contributed by atoms with Gasteiger partial charge in [-0.1, -0.05) is 11.8 Å². The van der Waals surface area contributed by atoms with Crippen molar-refractivity contribution in [3.05, 3.63) is 80.8 Å². The Bertz CT molecular complexity index is 1880. The number of benzene rings is 2. The van der Waals surface area contributed by atoms with E-state index in [1.54, 1.807) is 12.1 Å². The summed E-state index contributed by atoms with van der Waals surface area (Å²) in [5.41, 5.74) is 12.6. The van der Waals surface area contributed by atoms with Gasteiger partial charge in [0.25, 0.3) is 0 Å². The van der Waals surface area contributed by atoms with Crippen LogP contribution in [0.3, 0.4) is 0 Å². The fraction of sp³-hybridized carbons (Fsp3) is 0.290. The summed E-state index contributed by atoms with van der Waals surface area (Å²) < 4.78 is 12.3. The maximum Gasteiger partial charge on any atom is 0.341 e. The lowest BCUT2D eigenvalue weighted by Gasteiger charge is -2.26. The normalized spacial score (nSPS) is 13.7. The summed E-state index contributed by atoms with van der Waals surface area (Å²) in [6.07, 6.45) is -4.45. The van der Waals surface area contributed by atoms with Crippen LogP contribution in [-0.2, 0) is 13.0 Å². The number of aromatic carboxylic acids is 1. The predicted molar refractivity (Wildman–Crippen MR) is 165 cm³/mol. The Morgan fingerprint density at radius 3 is 2.37 bits per heavy atom. The second kappa shape index (κ2) is 14.2. The number of nitrogens with two attached hydrogens (primary N) is 2. The molecule has 4 atom stereocenters. The third kappa shape index (κ3) is 7.18. The molecule has 0 saturated heterocycles. The van der Waals surface area contributed by atoms with Crippen molar-refractivity contribution < 1.29 is 44.9 Å². The van der Waals surface area contributed by atoms with E-state index in [2.05, 4.69) is 21.8 Å². The van der Waals surface area contributed by atoms with Crippen LogP contribution in [0.4, 0.5) is 11.8 Å². The molecule has 46 heavy (non-hydrogen) atoms. The first kappa shape index (κ1) is 33.6. The Kier molecular flexibility index (Phi) is 10.4. The largest absolute Gasteiger partial charge is 0.493 e. The molecule has 0 aliphatic rings. The SMILES string of the molecule is COc1cc(Cc2cnc(N)nc2N)cc(C#Cc2ccc3c(=O)c(C(=O)O)cn(CC(O)C(O)C(O)C(O)CO)c3c2)c1OC. The Labute approximate surface area is 261 Å². The van der Waals surface area contributed by atoms with Crippen LogP contribution in [0.15, 0.2) is 47.5 Å². The molecule has 2 aromatic heterocycles. The number of nitrogen functional groups attached to an aromatic ring is 2. The van der Waals surface area contributed by atoms with E-state index in [0.29, 0.717) is 34.6 Å². The molecule has 2 heterocycles. The molecule has 0 radical (unpaired) electrons. The van der Waals surface area contributed by atoms with Crippen molar-refractivity contribution in [3.63, 3.8) is 0 Å². The Balaban J connectivity index is 1.78. The zero-order valence-corrected chi connectivity index (χ0v) is 24.8. The van der Waals surface area contributed by atoms with Crippen LogP contribution in [-0.4, -0.2) is 96.4 Å². The first-order valence-corrected chi connectivity index (χ1v) is 13.8. The molecule has 10 N–H and O–H groups in total. The topological polar surface area (TPSA) is 257 Å². The number of methoxy groups -OCH3 is 2. The minimum atomic E-state index is -1.92. The third-order valence-corrected chi connectivity index (χ3v) is 7.21. The predicted octanol–water partition coefficient (Wildman–Crippen LogP) is -0.902. The lowest BCUT2D eigenvalue weighted by atomic mass is 10.0. The van der Waals surface area contributed by atoms with Crippen molar-refractivity contribution in [3.8, 4) is 23.3 Å². The van der Waals surface area contributed by atoms with Crippen LogP contribution < -0.4 is 26.4 Å². The number of hydrogen-bond donors (Lipinski definition) is 8. The number of carboxylic acids is 1. The van der Waals surface area contributed by atoms with Crippen molar-refractivity contribution in [2.24, 2.45) is 0 Å². The van der Waals surface area contributed by atoms with Gasteiger partial charge < -0.3 is 56.1 Å². The second-order valence-corrected chi connectivity index (χ2v) is 10.3. The molecule has 2 aromatic carbocycles. The first-order valence-electron chi connectivity index (χ1n) is 13.8. The van der Waals surface area contributed by atoms with E-state index < -0.39 is 54.5 Å². The average Bonchev–Trinajstić information content (AvgIpc) is 3.04. The van der Waals surface area contributed by atoms with Crippen LogP contribution in [0.25, 0.3) is 10.9 Å². The molecule has 0 fully saturated rings. The van der Waals surface area contributed by atoms with E-state index in [0.717, 1.165) is 11.8 Å². The molecule has 0 aliphatic heterocycles. The smallest absolute Gasteiger partial charge is 0.341 e. The van der Waals surface area contributed by atoms with E-state index in [1.165, 1.54) is 43.2 Å². The van der Waals surface area contributed by atoms with E-state index >= 15 is 0 Å². The van der Waals surface area contributed by atoms with Gasteiger partial charge in [-0.05, 0) is 35.9 Å². The third-order valence-electron chi connectivity index (χ3n) is 7.21. The van der Waals surface area contributed by atoms with E-state index in [9.17, 15) is 35.1 Å². The fourth-order valence-corrected chi connectivity index (χ4v) is 4.79. The van der Waals surface area contributed by atoms with Gasteiger partial charge in [0.05, 0.1) is 38.5 Å². The highest BCUT2D eigenvalue weighted by Crippen LogP contribution is 2.33. The standard InChI is InChI=1S/C31H33N5O10/c1-45-24-10-16(8-18-11-34-31(33)35-29(18)32)7-17(28(24)46-2)5-3-15-4-6-19-21(9-15)36(12-20(25(19)40)30(43)44)13-22(38)26(41)27(42)23(39)14-37/h4,6-7,9-12,22-23,26-27,37-39,41-42H,8,13-14H2,1-2H3,(H,43,44)(H4,32,33,34,35). The van der Waals surface area contributed by atoms with Crippen molar-refractivity contribution in [2.45, 2.75) is 37.4 Å². The number of rotatable bonds is 11. The number of aromatic nitrogens is 3. The van der Waals surface area contributed by atoms with Crippen molar-refractivity contribution in [1.29, 1.82) is 0 Å². The summed E-state index contributed by atoms with van der Waals surface area (Å²) in [7, 11) is 2.93. The summed E-state index contributed by atoms with van der Waals surface area (Å²) in [5.74, 6) is 5.53. The highest BCUT2D eigenvalue weighted by atomic mass is 16.5. The van der Waals surface area contributed by atoms with Crippen molar-refractivity contribution in [2.75, 3.05) is 32.3 Å². The molecular formula is C31H33N5O10. The van der Waals surface area contributed by atoms with E-state index in [1.807, 2.05) is 0 Å². The Morgan fingerprint density at radius 2 is 1.74 bits per heavy atom. The number of pyridine rings is 1. The monoisotopic (exact) mass is 635 g/mol. The molecule has 15 nitrogen and oxygen atoms in total. The van der Waals surface area contributed by atoms with Crippen LogP contribution in [0, 0.1) is 11.8 Å². The van der Waals surface area contributed by atoms with Gasteiger partial charge in [-0.2, -0.15) is 4.98 Å². The molecule has 4 unspecified atom stereocenters. The number of ether oxygens (including phenoxy) is 2. The number of aliphatic hydroxyl groups is 5. The second-order valence-electron chi connectivity index (χ2n) is 10.3. The maximum absolute atomic E-state index is 13.0. The number of carboxylic acid groups (broad SMARTS) is 1. The van der Waals surface area contributed by atoms with Gasteiger partial charge >= 0.3 is 5.97 Å². The first-order chi connectivity index (χ1) is 21.9. The molecule has 0 saturated carbocycles. The molecule has 15 heteroatoms. The van der Waals surface area contributed by atoms with Gasteiger partial charge in [0.15, 0.2) is 11.5 Å². The number of anilines is 2. The highest BCUT2D eigenvalue weighted by molar-refractivity contribution is 5.93. The van der Waals surface area contributed by atoms with Gasteiger partial charge in [-0.15, -0.1) is 0 Å². The zero-order chi connectivity index (χ0) is 33.7. The number of fused-ring (bicyclic) bond motifs is 1. The summed E-state index contributed by atoms with van der Waals surface area (Å²) in [4.78, 5) is 32.7. The highest BCUT2D eigenvalue weighted by Gasteiger charge is 2.30. The number of nitrogens with zero attached hydrogens (tertiary/aromatic N) is 3. The van der Waals surface area contributed by atoms with Crippen LogP contribution in [0.2, 0.25) is 0 Å². The molecule has 0 spiro atoms. The quantitative estimate of drug-likeness (QED) is 0.0930. The van der Waals surface area contributed by atoms with E-state index in [-0.39, 0.29) is 22.7 Å². The summed E-state index contributed by atoms with van der Waals surface area (Å²) in [6, 6.07) is 7.91. The van der Waals surface area contributed by atoms with E-state index in [4.69, 9.17) is 26.0 Å². The minimum absolute atomic E-state index is 0.00682. The molecular weight excluding hydrogens is 602 g/mol. The Hall–Kier alpha value is -5.24. The van der Waals surface area contributed by atoms with Gasteiger partial charge in [-0.25, -0.2) is 9.78 Å². The lowest BCUT2D eigenvalue weighted by Crippen LogP contribution is -2.47. The molecule has 4 rings (SSSR count). The number of aliphatic hydroxyl groups excluding tert-OH is 5. The fourth-order valence-electron chi connectivity index (χ4n) is 4.79. The van der Waals surface area contributed by atoms with Gasteiger partial charge in [0.1, 0.15) is 35.8 Å². The van der Waals surface area contributed by atoms with Gasteiger partial charge in [0.2, 0.25) is 11.4 Å². The summed E-state index contributed by atoms with van der Waals surface area (Å²) in [5, 5.41) is 59.3. The van der Waals surface area contributed by atoms with Gasteiger partial charge in [-0.3, -0.25) is 4.79 Å². The molecule has 4 aromatic rings. The van der Waals surface area contributed by atoms with Crippen molar-refractivity contribution >= 4 is 28.6 Å². The minimum Gasteiger partial charge on any atom is -0.493 e. The van der Waals surface area contributed by atoms with Crippen LogP contribution in [0.1, 0.15) is 32.6 Å². The van der Waals surface area contributed by atoms with Crippen LogP contribution >= 0.6 is 0 Å². The zero-order valence-electron chi connectivity index (χ0n) is 24.8. The Morgan fingerprint density at radius 1 is 1.02 bits per heavy atom. The molecule has 0 aliphatic carbocycles. The molecule has 242 valence electrons. The van der Waals surface area contributed by atoms with Crippen molar-refractivity contribution in [1.82, 2.24) is 14.5 Å². The lowest BCUT2D eigenvalue weighted by molar-refractivity contribution is -0.117. The molecule has 0 amide bonds. The van der Waals surface area contributed by atoms with Gasteiger partial charge in [0, 0.05) is 35.3 Å². The summed E-state index contributed by atoms with van der Waals surface area (Å²) >= 11 is 0. The summed E-state index contributed by atoms with van der Waals surface area (Å²) in [6.45, 7) is -1.37. The number of hydrogen-bond acceptors (Lipinski definition) is 13. The number of carbonyl (C=O) groups is 1. The molecule has 0 bridgehead atoms.